The molecule has 1 aromatic heterocycles. The Labute approximate surface area is 152 Å². The number of carbonyl (C=O) groups excluding carboxylic acids is 2. The predicted octanol–water partition coefficient (Wildman–Crippen LogP) is 3.97. The molecule has 1 aromatic carbocycles. The smallest absolute Gasteiger partial charge is 0.273 e. The number of amides is 2. The van der Waals surface area contributed by atoms with E-state index in [1.807, 2.05) is 20.8 Å². The third-order valence-electron chi connectivity index (χ3n) is 3.70. The van der Waals surface area contributed by atoms with Crippen LogP contribution in [0.25, 0.3) is 0 Å². The zero-order chi connectivity index (χ0) is 18.8. The Kier molecular flexibility index (Phi) is 5.52. The van der Waals surface area contributed by atoms with E-state index < -0.39 is 0 Å². The Bertz CT molecular complexity index is 806. The number of nitrogens with one attached hydrogen (secondary N) is 2. The van der Waals surface area contributed by atoms with E-state index in [2.05, 4.69) is 15.7 Å². The third kappa shape index (κ3) is 4.60. The molecule has 2 amide bonds. The van der Waals surface area contributed by atoms with Crippen molar-refractivity contribution in [1.82, 2.24) is 9.78 Å². The van der Waals surface area contributed by atoms with E-state index in [1.54, 1.807) is 42.9 Å². The molecule has 2 rings (SSSR count). The molecule has 1 heterocycles. The number of nitrogens with zero attached hydrogens (tertiary/aromatic N) is 2. The number of anilines is 2. The molecule has 25 heavy (non-hydrogen) atoms. The normalized spacial score (nSPS) is 11.3. The fourth-order valence-electron chi connectivity index (χ4n) is 2.18. The van der Waals surface area contributed by atoms with Crippen LogP contribution in [0.4, 0.5) is 11.4 Å². The first kappa shape index (κ1) is 19.0. The van der Waals surface area contributed by atoms with Crippen molar-refractivity contribution in [2.24, 2.45) is 7.05 Å². The molecule has 0 saturated carbocycles. The molecule has 0 bridgehead atoms. The molecule has 0 aliphatic heterocycles. The minimum absolute atomic E-state index is 0.110. The Balaban J connectivity index is 2.24. The SMILES string of the molecule is CCC(=O)Nc1ccc(Cl)c(NC(=O)c2cc(C(C)(C)C)nn2C)c1. The summed E-state index contributed by atoms with van der Waals surface area (Å²) >= 11 is 6.17. The second kappa shape index (κ2) is 7.27. The summed E-state index contributed by atoms with van der Waals surface area (Å²) in [5.41, 5.74) is 2.11. The Morgan fingerprint density at radius 3 is 2.44 bits per heavy atom. The first-order valence-corrected chi connectivity index (χ1v) is 8.45. The monoisotopic (exact) mass is 362 g/mol. The van der Waals surface area contributed by atoms with Gasteiger partial charge in [0.1, 0.15) is 5.69 Å². The van der Waals surface area contributed by atoms with E-state index >= 15 is 0 Å². The van der Waals surface area contributed by atoms with Crippen LogP contribution in [-0.4, -0.2) is 21.6 Å². The van der Waals surface area contributed by atoms with Gasteiger partial charge in [-0.05, 0) is 24.3 Å². The van der Waals surface area contributed by atoms with Crippen LogP contribution in [0.5, 0.6) is 0 Å². The summed E-state index contributed by atoms with van der Waals surface area (Å²) in [5, 5.41) is 10.3. The zero-order valence-corrected chi connectivity index (χ0v) is 15.9. The molecule has 6 nitrogen and oxygen atoms in total. The Morgan fingerprint density at radius 1 is 1.20 bits per heavy atom. The van der Waals surface area contributed by atoms with Crippen molar-refractivity contribution in [3.8, 4) is 0 Å². The summed E-state index contributed by atoms with van der Waals surface area (Å²) in [7, 11) is 1.73. The lowest BCUT2D eigenvalue weighted by Crippen LogP contribution is -2.16. The second-order valence-electron chi connectivity index (χ2n) is 6.84. The number of aryl methyl sites for hydroxylation is 1. The largest absolute Gasteiger partial charge is 0.326 e. The lowest BCUT2D eigenvalue weighted by Gasteiger charge is -2.13. The van der Waals surface area contributed by atoms with Crippen LogP contribution in [0.3, 0.4) is 0 Å². The zero-order valence-electron chi connectivity index (χ0n) is 15.1. The van der Waals surface area contributed by atoms with E-state index in [0.29, 0.717) is 28.5 Å². The summed E-state index contributed by atoms with van der Waals surface area (Å²) in [6, 6.07) is 6.72. The molecule has 2 N–H and O–H groups in total. The van der Waals surface area contributed by atoms with Crippen molar-refractivity contribution < 1.29 is 9.59 Å². The predicted molar refractivity (Wildman–Crippen MR) is 100 cm³/mol. The molecular weight excluding hydrogens is 340 g/mol. The van der Waals surface area contributed by atoms with Crippen molar-refractivity contribution in [2.45, 2.75) is 39.5 Å². The highest BCUT2D eigenvalue weighted by atomic mass is 35.5. The minimum Gasteiger partial charge on any atom is -0.326 e. The maximum atomic E-state index is 12.6. The molecule has 0 radical (unpaired) electrons. The van der Waals surface area contributed by atoms with Crippen LogP contribution in [-0.2, 0) is 17.3 Å². The summed E-state index contributed by atoms with van der Waals surface area (Å²) in [4.78, 5) is 24.1. The number of hydrogen-bond acceptors (Lipinski definition) is 3. The van der Waals surface area contributed by atoms with Gasteiger partial charge < -0.3 is 10.6 Å². The first-order chi connectivity index (χ1) is 11.6. The standard InChI is InChI=1S/C18H23ClN4O2/c1-6-16(24)20-11-7-8-12(19)13(9-11)21-17(25)14-10-15(18(2,3)4)22-23(14)5/h7-10H,6H2,1-5H3,(H,20,24)(H,21,25). The Hall–Kier alpha value is -2.34. The molecule has 134 valence electrons. The van der Waals surface area contributed by atoms with Crippen molar-refractivity contribution in [1.29, 1.82) is 0 Å². The number of rotatable bonds is 4. The highest BCUT2D eigenvalue weighted by Gasteiger charge is 2.22. The molecule has 2 aromatic rings. The lowest BCUT2D eigenvalue weighted by molar-refractivity contribution is -0.115. The van der Waals surface area contributed by atoms with Gasteiger partial charge in [0.05, 0.1) is 16.4 Å². The first-order valence-electron chi connectivity index (χ1n) is 8.07. The van der Waals surface area contributed by atoms with Gasteiger partial charge in [0.15, 0.2) is 0 Å². The summed E-state index contributed by atoms with van der Waals surface area (Å²) in [6.45, 7) is 7.87. The van der Waals surface area contributed by atoms with Crippen LogP contribution >= 0.6 is 11.6 Å². The average molecular weight is 363 g/mol. The van der Waals surface area contributed by atoms with E-state index in [0.717, 1.165) is 5.69 Å². The highest BCUT2D eigenvalue weighted by Crippen LogP contribution is 2.27. The van der Waals surface area contributed by atoms with E-state index in [9.17, 15) is 9.59 Å². The van der Waals surface area contributed by atoms with Gasteiger partial charge in [-0.2, -0.15) is 5.10 Å². The molecule has 7 heteroatoms. The summed E-state index contributed by atoms with van der Waals surface area (Å²) in [6.07, 6.45) is 0.370. The number of hydrogen-bond donors (Lipinski definition) is 2. The topological polar surface area (TPSA) is 76.0 Å². The molecule has 0 fully saturated rings. The van der Waals surface area contributed by atoms with Gasteiger partial charge >= 0.3 is 0 Å². The maximum absolute atomic E-state index is 12.6. The fraction of sp³-hybridized carbons (Fsp3) is 0.389. The van der Waals surface area contributed by atoms with Crippen LogP contribution in [0, 0.1) is 0 Å². The fourth-order valence-corrected chi connectivity index (χ4v) is 2.35. The van der Waals surface area contributed by atoms with Gasteiger partial charge in [-0.25, -0.2) is 0 Å². The maximum Gasteiger partial charge on any atom is 0.273 e. The van der Waals surface area contributed by atoms with E-state index in [-0.39, 0.29) is 17.2 Å². The van der Waals surface area contributed by atoms with E-state index in [1.165, 1.54) is 0 Å². The van der Waals surface area contributed by atoms with Crippen LogP contribution in [0.2, 0.25) is 5.02 Å². The van der Waals surface area contributed by atoms with Crippen LogP contribution in [0.15, 0.2) is 24.3 Å². The summed E-state index contributed by atoms with van der Waals surface area (Å²) in [5.74, 6) is -0.424. The third-order valence-corrected chi connectivity index (χ3v) is 4.03. The highest BCUT2D eigenvalue weighted by molar-refractivity contribution is 6.34. The van der Waals surface area contributed by atoms with Crippen LogP contribution < -0.4 is 10.6 Å². The molecular formula is C18H23ClN4O2. The molecule has 0 aliphatic rings. The van der Waals surface area contributed by atoms with Crippen molar-refractivity contribution in [3.05, 3.63) is 40.7 Å². The lowest BCUT2D eigenvalue weighted by atomic mass is 9.92. The van der Waals surface area contributed by atoms with E-state index in [4.69, 9.17) is 11.6 Å². The van der Waals surface area contributed by atoms with Gasteiger partial charge in [0.2, 0.25) is 5.91 Å². The molecule has 0 saturated heterocycles. The second-order valence-corrected chi connectivity index (χ2v) is 7.25. The van der Waals surface area contributed by atoms with Gasteiger partial charge in [0, 0.05) is 24.6 Å². The molecule has 0 unspecified atom stereocenters. The van der Waals surface area contributed by atoms with Crippen molar-refractivity contribution in [2.75, 3.05) is 10.6 Å². The summed E-state index contributed by atoms with van der Waals surface area (Å²) < 4.78 is 1.55. The van der Waals surface area contributed by atoms with Crippen molar-refractivity contribution in [3.63, 3.8) is 0 Å². The number of aromatic nitrogens is 2. The molecule has 0 spiro atoms. The van der Waals surface area contributed by atoms with Crippen molar-refractivity contribution >= 4 is 34.8 Å². The number of halogens is 1. The Morgan fingerprint density at radius 2 is 1.88 bits per heavy atom. The molecule has 0 atom stereocenters. The van der Waals surface area contributed by atoms with Crippen LogP contribution in [0.1, 0.15) is 50.3 Å². The average Bonchev–Trinajstić information content (AvgIpc) is 2.92. The van der Waals surface area contributed by atoms with Gasteiger partial charge in [0.25, 0.3) is 5.91 Å². The quantitative estimate of drug-likeness (QED) is 0.863. The van der Waals surface area contributed by atoms with Gasteiger partial charge in [-0.15, -0.1) is 0 Å². The van der Waals surface area contributed by atoms with Gasteiger partial charge in [-0.1, -0.05) is 39.3 Å². The molecule has 0 aliphatic carbocycles. The minimum atomic E-state index is -0.314. The number of benzene rings is 1. The number of carbonyl (C=O) groups is 2. The van der Waals surface area contributed by atoms with Gasteiger partial charge in [-0.3, -0.25) is 14.3 Å².